The fraction of sp³-hybridized carbons (Fsp3) is 0.227. The molecule has 6 nitrogen and oxygen atoms in total. The molecule has 0 saturated heterocycles. The Labute approximate surface area is 174 Å². The first-order valence-corrected chi connectivity index (χ1v) is 9.95. The normalized spacial score (nSPS) is 11.1. The second kappa shape index (κ2) is 8.09. The van der Waals surface area contributed by atoms with Gasteiger partial charge in [0.15, 0.2) is 0 Å². The van der Waals surface area contributed by atoms with Gasteiger partial charge in [-0.15, -0.1) is 0 Å². The summed E-state index contributed by atoms with van der Waals surface area (Å²) in [5.74, 6) is 0.537. The van der Waals surface area contributed by atoms with E-state index < -0.39 is 0 Å². The Balaban J connectivity index is 1.63. The van der Waals surface area contributed by atoms with Crippen molar-refractivity contribution in [2.75, 3.05) is 0 Å². The third-order valence-corrected chi connectivity index (χ3v) is 5.35. The van der Waals surface area contributed by atoms with Gasteiger partial charge in [0.1, 0.15) is 11.5 Å². The zero-order valence-electron chi connectivity index (χ0n) is 16.4. The largest absolute Gasteiger partial charge is 0.343 e. The van der Waals surface area contributed by atoms with Crippen molar-refractivity contribution >= 4 is 28.5 Å². The fourth-order valence-electron chi connectivity index (χ4n) is 3.45. The number of aromatic nitrogens is 4. The number of para-hydroxylation sites is 2. The molecule has 0 saturated carbocycles. The number of nitrogens with zero attached hydrogens (tertiary/aromatic N) is 4. The maximum atomic E-state index is 12.8. The van der Waals surface area contributed by atoms with Crippen molar-refractivity contribution in [3.63, 3.8) is 0 Å². The van der Waals surface area contributed by atoms with Crippen molar-refractivity contribution in [2.45, 2.75) is 33.5 Å². The molecule has 1 amide bonds. The van der Waals surface area contributed by atoms with Gasteiger partial charge in [-0.05, 0) is 31.5 Å². The molecule has 0 aliphatic rings. The van der Waals surface area contributed by atoms with Crippen LogP contribution in [0, 0.1) is 6.92 Å². The van der Waals surface area contributed by atoms with E-state index in [4.69, 9.17) is 16.6 Å². The van der Waals surface area contributed by atoms with E-state index in [1.54, 1.807) is 11.6 Å². The summed E-state index contributed by atoms with van der Waals surface area (Å²) >= 11 is 6.31. The van der Waals surface area contributed by atoms with Crippen LogP contribution in [0.2, 0.25) is 5.02 Å². The van der Waals surface area contributed by atoms with Crippen LogP contribution in [-0.2, 0) is 19.6 Å². The van der Waals surface area contributed by atoms with E-state index in [2.05, 4.69) is 27.1 Å². The number of amides is 1. The van der Waals surface area contributed by atoms with Crippen molar-refractivity contribution in [1.82, 2.24) is 24.6 Å². The van der Waals surface area contributed by atoms with Crippen LogP contribution in [0.3, 0.4) is 0 Å². The molecule has 0 aliphatic heterocycles. The Bertz CT molecular complexity index is 1160. The number of imidazole rings is 1. The lowest BCUT2D eigenvalue weighted by Gasteiger charge is -2.11. The summed E-state index contributed by atoms with van der Waals surface area (Å²) in [5, 5.41) is 7.67. The minimum atomic E-state index is -0.254. The summed E-state index contributed by atoms with van der Waals surface area (Å²) in [7, 11) is 0. The van der Waals surface area contributed by atoms with Crippen LogP contribution in [0.5, 0.6) is 0 Å². The highest BCUT2D eigenvalue weighted by Crippen LogP contribution is 2.21. The number of halogens is 1. The number of carbonyl (C=O) groups excluding carboxylic acids is 1. The monoisotopic (exact) mass is 407 g/mol. The standard InChI is InChI=1S/C22H22ClN5O/c1-3-28-21(20(23)15(2)26-28)22(29)24-13-19-25-17-11-7-8-12-18(17)27(19)14-16-9-5-4-6-10-16/h4-12H,3,13-14H2,1-2H3,(H,24,29). The summed E-state index contributed by atoms with van der Waals surface area (Å²) in [4.78, 5) is 17.6. The summed E-state index contributed by atoms with van der Waals surface area (Å²) < 4.78 is 3.76. The molecule has 29 heavy (non-hydrogen) atoms. The molecule has 148 valence electrons. The molecule has 1 N–H and O–H groups in total. The second-order valence-electron chi connectivity index (χ2n) is 6.83. The van der Waals surface area contributed by atoms with Gasteiger partial charge in [-0.25, -0.2) is 4.98 Å². The Morgan fingerprint density at radius 1 is 1.10 bits per heavy atom. The molecule has 0 radical (unpaired) electrons. The van der Waals surface area contributed by atoms with Gasteiger partial charge in [0.2, 0.25) is 0 Å². The van der Waals surface area contributed by atoms with Gasteiger partial charge >= 0.3 is 0 Å². The van der Waals surface area contributed by atoms with Crippen molar-refractivity contribution in [1.29, 1.82) is 0 Å². The molecule has 7 heteroatoms. The average Bonchev–Trinajstić information content (AvgIpc) is 3.24. The van der Waals surface area contributed by atoms with Crippen LogP contribution >= 0.6 is 11.6 Å². The van der Waals surface area contributed by atoms with E-state index in [1.807, 2.05) is 49.4 Å². The first-order valence-electron chi connectivity index (χ1n) is 9.57. The lowest BCUT2D eigenvalue weighted by Crippen LogP contribution is -2.27. The molecule has 0 spiro atoms. The smallest absolute Gasteiger partial charge is 0.271 e. The average molecular weight is 408 g/mol. The first-order chi connectivity index (χ1) is 14.1. The Morgan fingerprint density at radius 2 is 1.83 bits per heavy atom. The predicted octanol–water partition coefficient (Wildman–Crippen LogP) is 4.19. The van der Waals surface area contributed by atoms with E-state index in [-0.39, 0.29) is 5.91 Å². The number of fused-ring (bicyclic) bond motifs is 1. The number of hydrogen-bond acceptors (Lipinski definition) is 3. The molecular formula is C22H22ClN5O. The van der Waals surface area contributed by atoms with Gasteiger partial charge in [0, 0.05) is 13.1 Å². The minimum Gasteiger partial charge on any atom is -0.343 e. The number of benzene rings is 2. The second-order valence-corrected chi connectivity index (χ2v) is 7.21. The quantitative estimate of drug-likeness (QED) is 0.521. The van der Waals surface area contributed by atoms with E-state index in [9.17, 15) is 4.79 Å². The number of rotatable bonds is 6. The highest BCUT2D eigenvalue weighted by molar-refractivity contribution is 6.34. The topological polar surface area (TPSA) is 64.7 Å². The SMILES string of the molecule is CCn1nc(C)c(Cl)c1C(=O)NCc1nc2ccccc2n1Cc1ccccc1. The van der Waals surface area contributed by atoms with E-state index in [0.717, 1.165) is 16.9 Å². The summed E-state index contributed by atoms with van der Waals surface area (Å²) in [6.45, 7) is 5.27. The lowest BCUT2D eigenvalue weighted by molar-refractivity contribution is 0.0939. The molecule has 2 aromatic carbocycles. The Morgan fingerprint density at radius 3 is 2.59 bits per heavy atom. The Hall–Kier alpha value is -3.12. The minimum absolute atomic E-state index is 0.254. The molecule has 0 aliphatic carbocycles. The zero-order valence-corrected chi connectivity index (χ0v) is 17.1. The molecular weight excluding hydrogens is 386 g/mol. The molecule has 4 rings (SSSR count). The van der Waals surface area contributed by atoms with Crippen molar-refractivity contribution in [3.05, 3.63) is 82.4 Å². The van der Waals surface area contributed by atoms with Crippen LogP contribution in [-0.4, -0.2) is 25.2 Å². The highest BCUT2D eigenvalue weighted by Gasteiger charge is 2.20. The maximum Gasteiger partial charge on any atom is 0.271 e. The van der Waals surface area contributed by atoms with E-state index >= 15 is 0 Å². The number of aryl methyl sites for hydroxylation is 2. The van der Waals surface area contributed by atoms with Crippen molar-refractivity contribution in [3.8, 4) is 0 Å². The number of carbonyl (C=O) groups is 1. The number of nitrogens with one attached hydrogen (secondary N) is 1. The number of hydrogen-bond donors (Lipinski definition) is 1. The molecule has 2 aromatic heterocycles. The lowest BCUT2D eigenvalue weighted by atomic mass is 10.2. The van der Waals surface area contributed by atoms with Crippen molar-refractivity contribution < 1.29 is 4.79 Å². The Kier molecular flexibility index (Phi) is 5.36. The van der Waals surface area contributed by atoms with Gasteiger partial charge in [0.05, 0.1) is 28.3 Å². The fourth-order valence-corrected chi connectivity index (χ4v) is 3.67. The zero-order chi connectivity index (χ0) is 20.4. The first kappa shape index (κ1) is 19.2. The van der Waals surface area contributed by atoms with Gasteiger partial charge in [0.25, 0.3) is 5.91 Å². The molecule has 0 atom stereocenters. The van der Waals surface area contributed by atoms with Crippen LogP contribution in [0.1, 0.15) is 34.5 Å². The van der Waals surface area contributed by atoms with Gasteiger partial charge in [-0.2, -0.15) is 5.10 Å². The summed E-state index contributed by atoms with van der Waals surface area (Å²) in [6, 6.07) is 18.2. The van der Waals surface area contributed by atoms with Crippen LogP contribution in [0.15, 0.2) is 54.6 Å². The third kappa shape index (κ3) is 3.76. The van der Waals surface area contributed by atoms with Gasteiger partial charge in [-0.1, -0.05) is 54.1 Å². The van der Waals surface area contributed by atoms with Crippen LogP contribution in [0.4, 0.5) is 0 Å². The molecule has 2 heterocycles. The van der Waals surface area contributed by atoms with Gasteiger partial charge < -0.3 is 9.88 Å². The summed E-state index contributed by atoms with van der Waals surface area (Å²) in [6.07, 6.45) is 0. The molecule has 4 aromatic rings. The molecule has 0 fully saturated rings. The highest BCUT2D eigenvalue weighted by atomic mass is 35.5. The molecule has 0 unspecified atom stereocenters. The molecule has 0 bridgehead atoms. The predicted molar refractivity (Wildman–Crippen MR) is 114 cm³/mol. The van der Waals surface area contributed by atoms with Crippen LogP contribution < -0.4 is 5.32 Å². The van der Waals surface area contributed by atoms with E-state index in [1.165, 1.54) is 5.56 Å². The maximum absolute atomic E-state index is 12.8. The van der Waals surface area contributed by atoms with Gasteiger partial charge in [-0.3, -0.25) is 9.48 Å². The summed E-state index contributed by atoms with van der Waals surface area (Å²) in [5.41, 5.74) is 4.14. The third-order valence-electron chi connectivity index (χ3n) is 4.89. The van der Waals surface area contributed by atoms with Crippen molar-refractivity contribution in [2.24, 2.45) is 0 Å². The van der Waals surface area contributed by atoms with Crippen LogP contribution in [0.25, 0.3) is 11.0 Å². The van der Waals surface area contributed by atoms with E-state index in [0.29, 0.717) is 36.0 Å².